The number of hydrogen-bond donors (Lipinski definition) is 0. The van der Waals surface area contributed by atoms with E-state index in [0.29, 0.717) is 0 Å². The molecule has 0 aliphatic rings. The van der Waals surface area contributed by atoms with Crippen molar-refractivity contribution >= 4 is 23.1 Å². The number of halogens is 1. The minimum absolute atomic E-state index is 0.129. The van der Waals surface area contributed by atoms with E-state index >= 15 is 0 Å². The standard InChI is InChI=1S/C7H10ClNS/c1-7(2,3)5-4-9-10-6(5)8/h4H,1-3H3. The molecule has 56 valence electrons. The molecular formula is C7H10ClNS. The highest BCUT2D eigenvalue weighted by Gasteiger charge is 2.18. The van der Waals surface area contributed by atoms with Gasteiger partial charge in [-0.25, -0.2) is 0 Å². The summed E-state index contributed by atoms with van der Waals surface area (Å²) in [7, 11) is 0. The van der Waals surface area contributed by atoms with Crippen LogP contribution in [0.5, 0.6) is 0 Å². The van der Waals surface area contributed by atoms with Crippen LogP contribution in [0.25, 0.3) is 0 Å². The molecule has 0 aliphatic carbocycles. The monoisotopic (exact) mass is 175 g/mol. The molecule has 0 unspecified atom stereocenters. The molecule has 10 heavy (non-hydrogen) atoms. The summed E-state index contributed by atoms with van der Waals surface area (Å²) in [5, 5.41) is 0. The van der Waals surface area contributed by atoms with Crippen molar-refractivity contribution in [3.8, 4) is 0 Å². The van der Waals surface area contributed by atoms with Crippen LogP contribution in [0.3, 0.4) is 0 Å². The molecule has 1 aromatic heterocycles. The van der Waals surface area contributed by atoms with Crippen molar-refractivity contribution in [1.82, 2.24) is 4.37 Å². The number of hydrogen-bond acceptors (Lipinski definition) is 2. The second kappa shape index (κ2) is 2.51. The van der Waals surface area contributed by atoms with Crippen LogP contribution < -0.4 is 0 Å². The second-order valence-electron chi connectivity index (χ2n) is 3.26. The van der Waals surface area contributed by atoms with E-state index in [1.54, 1.807) is 0 Å². The first kappa shape index (κ1) is 8.02. The average Bonchev–Trinajstić information content (AvgIpc) is 2.11. The molecule has 0 amide bonds. The highest BCUT2D eigenvalue weighted by molar-refractivity contribution is 7.10. The third kappa shape index (κ3) is 1.50. The molecule has 0 fully saturated rings. The summed E-state index contributed by atoms with van der Waals surface area (Å²) < 4.78 is 4.81. The highest BCUT2D eigenvalue weighted by atomic mass is 35.5. The Kier molecular flexibility index (Phi) is 2.02. The maximum atomic E-state index is 5.88. The van der Waals surface area contributed by atoms with E-state index in [-0.39, 0.29) is 5.41 Å². The quantitative estimate of drug-likeness (QED) is 0.591. The Hall–Kier alpha value is -0.0800. The van der Waals surface area contributed by atoms with Crippen molar-refractivity contribution in [2.75, 3.05) is 0 Å². The first-order valence-corrected chi connectivity index (χ1v) is 4.27. The van der Waals surface area contributed by atoms with Gasteiger partial charge >= 0.3 is 0 Å². The van der Waals surface area contributed by atoms with Gasteiger partial charge in [-0.1, -0.05) is 32.4 Å². The Morgan fingerprint density at radius 2 is 2.10 bits per heavy atom. The molecule has 1 rings (SSSR count). The molecule has 3 heteroatoms. The number of rotatable bonds is 0. The third-order valence-electron chi connectivity index (χ3n) is 1.33. The molecule has 0 N–H and O–H groups in total. The van der Waals surface area contributed by atoms with E-state index in [1.807, 2.05) is 6.20 Å². The van der Waals surface area contributed by atoms with Gasteiger partial charge in [-0.2, -0.15) is 4.37 Å². The Morgan fingerprint density at radius 1 is 1.50 bits per heavy atom. The van der Waals surface area contributed by atoms with Crippen LogP contribution in [0.15, 0.2) is 6.20 Å². The van der Waals surface area contributed by atoms with Crippen molar-refractivity contribution in [3.05, 3.63) is 16.1 Å². The van der Waals surface area contributed by atoms with Gasteiger partial charge in [-0.3, -0.25) is 0 Å². The summed E-state index contributed by atoms with van der Waals surface area (Å²) in [6, 6.07) is 0. The first-order valence-electron chi connectivity index (χ1n) is 3.12. The third-order valence-corrected chi connectivity index (χ3v) is 2.34. The summed E-state index contributed by atoms with van der Waals surface area (Å²) in [5.41, 5.74) is 1.27. The first-order chi connectivity index (χ1) is 4.52. The van der Waals surface area contributed by atoms with Crippen LogP contribution in [-0.4, -0.2) is 4.37 Å². The fraction of sp³-hybridized carbons (Fsp3) is 0.571. The summed E-state index contributed by atoms with van der Waals surface area (Å²) in [5.74, 6) is 0. The Balaban J connectivity index is 3.05. The minimum Gasteiger partial charge on any atom is -0.199 e. The molecule has 0 aromatic carbocycles. The van der Waals surface area contributed by atoms with E-state index in [1.165, 1.54) is 11.5 Å². The second-order valence-corrected chi connectivity index (χ2v) is 4.67. The van der Waals surface area contributed by atoms with Gasteiger partial charge in [0.05, 0.1) is 0 Å². The summed E-state index contributed by atoms with van der Waals surface area (Å²) in [4.78, 5) is 0. The Bertz CT molecular complexity index is 224. The van der Waals surface area contributed by atoms with Crippen molar-refractivity contribution < 1.29 is 0 Å². The zero-order valence-electron chi connectivity index (χ0n) is 6.31. The zero-order chi connectivity index (χ0) is 7.78. The maximum absolute atomic E-state index is 5.88. The summed E-state index contributed by atoms with van der Waals surface area (Å²) in [6.45, 7) is 6.38. The van der Waals surface area contributed by atoms with Crippen molar-refractivity contribution in [2.45, 2.75) is 26.2 Å². The van der Waals surface area contributed by atoms with Crippen LogP contribution in [-0.2, 0) is 5.41 Å². The largest absolute Gasteiger partial charge is 0.199 e. The fourth-order valence-electron chi connectivity index (χ4n) is 0.714. The van der Waals surface area contributed by atoms with Gasteiger partial charge in [0.2, 0.25) is 0 Å². The van der Waals surface area contributed by atoms with Gasteiger partial charge in [0.25, 0.3) is 0 Å². The molecule has 0 aliphatic heterocycles. The van der Waals surface area contributed by atoms with E-state index in [0.717, 1.165) is 9.90 Å². The molecule has 1 aromatic rings. The smallest absolute Gasteiger partial charge is 0.117 e. The van der Waals surface area contributed by atoms with Crippen LogP contribution in [0.1, 0.15) is 26.3 Å². The zero-order valence-corrected chi connectivity index (χ0v) is 7.88. The van der Waals surface area contributed by atoms with Gasteiger partial charge in [-0.15, -0.1) is 0 Å². The predicted octanol–water partition coefficient (Wildman–Crippen LogP) is 3.09. The SMILES string of the molecule is CC(C)(C)c1cnsc1Cl. The molecule has 0 saturated carbocycles. The van der Waals surface area contributed by atoms with Crippen LogP contribution in [0.2, 0.25) is 4.34 Å². The van der Waals surface area contributed by atoms with E-state index in [4.69, 9.17) is 11.6 Å². The van der Waals surface area contributed by atoms with Crippen molar-refractivity contribution in [1.29, 1.82) is 0 Å². The molecule has 0 atom stereocenters. The lowest BCUT2D eigenvalue weighted by Gasteiger charge is -2.15. The van der Waals surface area contributed by atoms with Gasteiger partial charge in [0, 0.05) is 11.8 Å². The molecular weight excluding hydrogens is 166 g/mol. The molecule has 1 nitrogen and oxygen atoms in total. The fourth-order valence-corrected chi connectivity index (χ4v) is 1.87. The topological polar surface area (TPSA) is 12.9 Å². The highest BCUT2D eigenvalue weighted by Crippen LogP contribution is 2.31. The molecule has 0 spiro atoms. The van der Waals surface area contributed by atoms with Crippen molar-refractivity contribution in [2.24, 2.45) is 0 Å². The van der Waals surface area contributed by atoms with Crippen molar-refractivity contribution in [3.63, 3.8) is 0 Å². The summed E-state index contributed by atoms with van der Waals surface area (Å²) in [6.07, 6.45) is 1.84. The predicted molar refractivity (Wildman–Crippen MR) is 45.8 cm³/mol. The lowest BCUT2D eigenvalue weighted by molar-refractivity contribution is 0.591. The average molecular weight is 176 g/mol. The molecule has 0 bridgehead atoms. The normalized spacial score (nSPS) is 12.0. The van der Waals surface area contributed by atoms with Gasteiger partial charge < -0.3 is 0 Å². The maximum Gasteiger partial charge on any atom is 0.117 e. The number of aromatic nitrogens is 1. The van der Waals surface area contributed by atoms with Gasteiger partial charge in [0.15, 0.2) is 0 Å². The lowest BCUT2D eigenvalue weighted by Crippen LogP contribution is -2.09. The molecule has 1 heterocycles. The van der Waals surface area contributed by atoms with E-state index < -0.39 is 0 Å². The van der Waals surface area contributed by atoms with Crippen LogP contribution in [0, 0.1) is 0 Å². The number of nitrogens with zero attached hydrogens (tertiary/aromatic N) is 1. The molecule has 0 radical (unpaired) electrons. The molecule has 0 saturated heterocycles. The van der Waals surface area contributed by atoms with E-state index in [2.05, 4.69) is 25.1 Å². The minimum atomic E-state index is 0.129. The summed E-state index contributed by atoms with van der Waals surface area (Å²) >= 11 is 7.23. The Morgan fingerprint density at radius 3 is 2.30 bits per heavy atom. The van der Waals surface area contributed by atoms with Crippen LogP contribution in [0.4, 0.5) is 0 Å². The van der Waals surface area contributed by atoms with Crippen LogP contribution >= 0.6 is 23.1 Å². The lowest BCUT2D eigenvalue weighted by atomic mass is 9.90. The Labute approximate surface area is 70.2 Å². The van der Waals surface area contributed by atoms with E-state index in [9.17, 15) is 0 Å². The van der Waals surface area contributed by atoms with Gasteiger partial charge in [0.1, 0.15) is 4.34 Å². The van der Waals surface area contributed by atoms with Gasteiger partial charge in [-0.05, 0) is 16.9 Å².